The van der Waals surface area contributed by atoms with Crippen molar-refractivity contribution < 1.29 is 4.74 Å². The molecule has 2 saturated carbocycles. The van der Waals surface area contributed by atoms with E-state index in [2.05, 4.69) is 15.9 Å². The summed E-state index contributed by atoms with van der Waals surface area (Å²) in [7, 11) is 0. The van der Waals surface area contributed by atoms with Crippen LogP contribution in [0.3, 0.4) is 0 Å². The fraction of sp³-hybridized carbons (Fsp3) is 1.00. The molecule has 0 amide bonds. The van der Waals surface area contributed by atoms with Crippen LogP contribution in [0.15, 0.2) is 0 Å². The number of alkyl halides is 1. The molecule has 2 fully saturated rings. The maximum absolute atomic E-state index is 6.04. The van der Waals surface area contributed by atoms with E-state index in [0.717, 1.165) is 17.9 Å². The van der Waals surface area contributed by atoms with Gasteiger partial charge in [0.15, 0.2) is 0 Å². The van der Waals surface area contributed by atoms with E-state index in [4.69, 9.17) is 4.74 Å². The van der Waals surface area contributed by atoms with Crippen LogP contribution in [0.25, 0.3) is 0 Å². The topological polar surface area (TPSA) is 9.23 Å². The molecule has 0 aliphatic heterocycles. The predicted molar refractivity (Wildman–Crippen MR) is 58.3 cm³/mol. The molecule has 0 aromatic heterocycles. The zero-order chi connectivity index (χ0) is 9.15. The Bertz CT molecular complexity index is 159. The lowest BCUT2D eigenvalue weighted by Gasteiger charge is -2.27. The summed E-state index contributed by atoms with van der Waals surface area (Å²) in [6, 6.07) is 0. The van der Waals surface area contributed by atoms with Gasteiger partial charge < -0.3 is 4.74 Å². The molecule has 13 heavy (non-hydrogen) atoms. The molecule has 2 aliphatic rings. The van der Waals surface area contributed by atoms with Gasteiger partial charge in [-0.2, -0.15) is 0 Å². The monoisotopic (exact) mass is 246 g/mol. The van der Waals surface area contributed by atoms with E-state index in [1.807, 2.05) is 0 Å². The highest BCUT2D eigenvalue weighted by Crippen LogP contribution is 2.37. The average molecular weight is 247 g/mol. The number of halogens is 1. The lowest BCUT2D eigenvalue weighted by molar-refractivity contribution is -0.0240. The third-order valence-electron chi connectivity index (χ3n) is 3.39. The maximum atomic E-state index is 6.04. The van der Waals surface area contributed by atoms with Crippen molar-refractivity contribution in [2.24, 2.45) is 5.92 Å². The fourth-order valence-electron chi connectivity index (χ4n) is 2.18. The van der Waals surface area contributed by atoms with Crippen LogP contribution in [0, 0.1) is 5.92 Å². The first-order valence-electron chi connectivity index (χ1n) is 5.55. The zero-order valence-corrected chi connectivity index (χ0v) is 9.81. The minimum atomic E-state index is 0.217. The number of hydrogen-bond donors (Lipinski definition) is 0. The number of ether oxygens (including phenoxy) is 1. The second-order valence-corrected chi connectivity index (χ2v) is 5.16. The standard InChI is InChI=1S/C11H19BrO/c12-9-11(6-1-2-7-11)13-8-5-10-3-4-10/h10H,1-9H2. The van der Waals surface area contributed by atoms with Gasteiger partial charge in [-0.1, -0.05) is 41.6 Å². The molecule has 0 spiro atoms. The molecule has 2 aliphatic carbocycles. The van der Waals surface area contributed by atoms with Gasteiger partial charge in [0.2, 0.25) is 0 Å². The maximum Gasteiger partial charge on any atom is 0.0778 e. The third kappa shape index (κ3) is 2.69. The quantitative estimate of drug-likeness (QED) is 0.675. The first-order valence-corrected chi connectivity index (χ1v) is 6.67. The van der Waals surface area contributed by atoms with E-state index >= 15 is 0 Å². The van der Waals surface area contributed by atoms with E-state index in [9.17, 15) is 0 Å². The van der Waals surface area contributed by atoms with Gasteiger partial charge in [-0.15, -0.1) is 0 Å². The molecule has 1 nitrogen and oxygen atoms in total. The zero-order valence-electron chi connectivity index (χ0n) is 8.23. The normalized spacial score (nSPS) is 26.5. The summed E-state index contributed by atoms with van der Waals surface area (Å²) in [4.78, 5) is 0. The Labute approximate surface area is 89.4 Å². The summed E-state index contributed by atoms with van der Waals surface area (Å²) >= 11 is 3.59. The van der Waals surface area contributed by atoms with Gasteiger partial charge in [-0.05, 0) is 25.2 Å². The van der Waals surface area contributed by atoms with Crippen LogP contribution in [-0.4, -0.2) is 17.5 Å². The van der Waals surface area contributed by atoms with Gasteiger partial charge in [0.25, 0.3) is 0 Å². The van der Waals surface area contributed by atoms with Crippen LogP contribution in [0.4, 0.5) is 0 Å². The third-order valence-corrected chi connectivity index (χ3v) is 4.41. The summed E-state index contributed by atoms with van der Waals surface area (Å²) in [5, 5.41) is 1.03. The van der Waals surface area contributed by atoms with Crippen LogP contribution >= 0.6 is 15.9 Å². The molecule has 0 aromatic carbocycles. The molecular weight excluding hydrogens is 228 g/mol. The summed E-state index contributed by atoms with van der Waals surface area (Å²) in [5.41, 5.74) is 0.217. The molecule has 0 radical (unpaired) electrons. The Morgan fingerprint density at radius 2 is 1.92 bits per heavy atom. The highest BCUT2D eigenvalue weighted by atomic mass is 79.9. The second kappa shape index (κ2) is 4.31. The van der Waals surface area contributed by atoms with Gasteiger partial charge in [0.05, 0.1) is 5.60 Å². The smallest absolute Gasteiger partial charge is 0.0778 e. The van der Waals surface area contributed by atoms with E-state index in [1.165, 1.54) is 44.9 Å². The average Bonchev–Trinajstić information content (AvgIpc) is 2.84. The highest BCUT2D eigenvalue weighted by molar-refractivity contribution is 9.09. The molecular formula is C11H19BrO. The Kier molecular flexibility index (Phi) is 3.31. The molecule has 0 bridgehead atoms. The molecule has 76 valence electrons. The Morgan fingerprint density at radius 1 is 1.23 bits per heavy atom. The molecule has 2 rings (SSSR count). The molecule has 0 atom stereocenters. The van der Waals surface area contributed by atoms with Crippen molar-refractivity contribution in [3.8, 4) is 0 Å². The molecule has 2 heteroatoms. The van der Waals surface area contributed by atoms with Gasteiger partial charge in [0, 0.05) is 11.9 Å². The van der Waals surface area contributed by atoms with Crippen molar-refractivity contribution in [1.29, 1.82) is 0 Å². The van der Waals surface area contributed by atoms with Crippen molar-refractivity contribution in [3.63, 3.8) is 0 Å². The SMILES string of the molecule is BrCC1(OCCC2CC2)CCCC1. The van der Waals surface area contributed by atoms with Crippen LogP contribution < -0.4 is 0 Å². The second-order valence-electron chi connectivity index (χ2n) is 4.60. The largest absolute Gasteiger partial charge is 0.374 e. The summed E-state index contributed by atoms with van der Waals surface area (Å²) in [5.74, 6) is 1.01. The Hall–Kier alpha value is 0.440. The van der Waals surface area contributed by atoms with Crippen LogP contribution in [-0.2, 0) is 4.74 Å². The van der Waals surface area contributed by atoms with Gasteiger partial charge in [-0.3, -0.25) is 0 Å². The van der Waals surface area contributed by atoms with E-state index in [0.29, 0.717) is 0 Å². The van der Waals surface area contributed by atoms with Crippen molar-refractivity contribution in [2.75, 3.05) is 11.9 Å². The predicted octanol–water partition coefficient (Wildman–Crippen LogP) is 3.51. The van der Waals surface area contributed by atoms with Crippen molar-refractivity contribution in [1.82, 2.24) is 0 Å². The summed E-state index contributed by atoms with van der Waals surface area (Å²) in [6.45, 7) is 0.996. The van der Waals surface area contributed by atoms with E-state index in [-0.39, 0.29) is 5.60 Å². The van der Waals surface area contributed by atoms with Gasteiger partial charge in [-0.25, -0.2) is 0 Å². The summed E-state index contributed by atoms with van der Waals surface area (Å²) in [6.07, 6.45) is 9.44. The fourth-order valence-corrected chi connectivity index (χ4v) is 2.91. The van der Waals surface area contributed by atoms with E-state index < -0.39 is 0 Å². The van der Waals surface area contributed by atoms with E-state index in [1.54, 1.807) is 0 Å². The van der Waals surface area contributed by atoms with Crippen molar-refractivity contribution >= 4 is 15.9 Å². The number of hydrogen-bond acceptors (Lipinski definition) is 1. The first-order chi connectivity index (χ1) is 6.35. The summed E-state index contributed by atoms with van der Waals surface area (Å²) < 4.78 is 6.04. The minimum absolute atomic E-state index is 0.217. The first kappa shape index (κ1) is 9.97. The molecule has 0 unspecified atom stereocenters. The van der Waals surface area contributed by atoms with Gasteiger partial charge in [0.1, 0.15) is 0 Å². The van der Waals surface area contributed by atoms with Crippen LogP contribution in [0.1, 0.15) is 44.9 Å². The Balaban J connectivity index is 1.69. The lowest BCUT2D eigenvalue weighted by Crippen LogP contribution is -2.31. The van der Waals surface area contributed by atoms with Crippen molar-refractivity contribution in [3.05, 3.63) is 0 Å². The molecule has 0 N–H and O–H groups in total. The van der Waals surface area contributed by atoms with Crippen LogP contribution in [0.5, 0.6) is 0 Å². The lowest BCUT2D eigenvalue weighted by atomic mass is 10.1. The van der Waals surface area contributed by atoms with Crippen LogP contribution in [0.2, 0.25) is 0 Å². The highest BCUT2D eigenvalue weighted by Gasteiger charge is 2.34. The van der Waals surface area contributed by atoms with Gasteiger partial charge >= 0.3 is 0 Å². The number of rotatable bonds is 5. The molecule has 0 aromatic rings. The molecule has 0 saturated heterocycles. The Morgan fingerprint density at radius 3 is 2.46 bits per heavy atom. The minimum Gasteiger partial charge on any atom is -0.374 e. The molecule has 0 heterocycles. The van der Waals surface area contributed by atoms with Crippen molar-refractivity contribution in [2.45, 2.75) is 50.5 Å².